The molecule has 3 aromatic heterocycles. The maximum absolute atomic E-state index is 6.17. The molecule has 5 aromatic rings. The molecular weight excluding hydrogens is 490 g/mol. The van der Waals surface area contributed by atoms with Gasteiger partial charge in [-0.3, -0.25) is 4.90 Å². The van der Waals surface area contributed by atoms with Gasteiger partial charge in [-0.15, -0.1) is 11.3 Å². The van der Waals surface area contributed by atoms with Crippen molar-refractivity contribution in [3.05, 3.63) is 94.5 Å². The van der Waals surface area contributed by atoms with Gasteiger partial charge in [0.1, 0.15) is 12.1 Å². The van der Waals surface area contributed by atoms with Crippen LogP contribution < -0.4 is 5.32 Å². The van der Waals surface area contributed by atoms with E-state index < -0.39 is 0 Å². The average Bonchev–Trinajstić information content (AvgIpc) is 3.60. The van der Waals surface area contributed by atoms with E-state index in [-0.39, 0.29) is 6.04 Å². The Morgan fingerprint density at radius 3 is 2.53 bits per heavy atom. The minimum absolute atomic E-state index is 0.248. The molecule has 0 radical (unpaired) electrons. The van der Waals surface area contributed by atoms with Gasteiger partial charge in [0.15, 0.2) is 5.65 Å². The molecule has 8 heteroatoms. The molecule has 182 valence electrons. The zero-order valence-corrected chi connectivity index (χ0v) is 21.3. The molecule has 1 saturated heterocycles. The molecule has 6 rings (SSSR count). The van der Waals surface area contributed by atoms with Gasteiger partial charge in [-0.25, -0.2) is 9.97 Å². The number of ether oxygens (including phenoxy) is 1. The first-order valence-corrected chi connectivity index (χ1v) is 13.3. The van der Waals surface area contributed by atoms with Gasteiger partial charge >= 0.3 is 0 Å². The second kappa shape index (κ2) is 10.4. The monoisotopic (exact) mass is 515 g/mol. The summed E-state index contributed by atoms with van der Waals surface area (Å²) in [6, 6.07) is 22.8. The smallest absolute Gasteiger partial charge is 0.150 e. The Balaban J connectivity index is 1.42. The van der Waals surface area contributed by atoms with Crippen molar-refractivity contribution in [3.8, 4) is 16.8 Å². The fourth-order valence-electron chi connectivity index (χ4n) is 4.80. The van der Waals surface area contributed by atoms with Crippen molar-refractivity contribution < 1.29 is 4.74 Å². The number of halogens is 1. The average molecular weight is 516 g/mol. The van der Waals surface area contributed by atoms with Crippen molar-refractivity contribution >= 4 is 39.8 Å². The fourth-order valence-corrected chi connectivity index (χ4v) is 5.79. The zero-order chi connectivity index (χ0) is 24.3. The number of hydrogen-bond acceptors (Lipinski definition) is 6. The second-order valence-corrected chi connectivity index (χ2v) is 10.2. The van der Waals surface area contributed by atoms with E-state index in [9.17, 15) is 0 Å². The van der Waals surface area contributed by atoms with E-state index in [2.05, 4.69) is 62.8 Å². The highest BCUT2D eigenvalue weighted by Crippen LogP contribution is 2.36. The van der Waals surface area contributed by atoms with Gasteiger partial charge in [0, 0.05) is 47.0 Å². The van der Waals surface area contributed by atoms with E-state index in [0.717, 1.165) is 66.5 Å². The van der Waals surface area contributed by atoms with E-state index in [4.69, 9.17) is 26.3 Å². The Bertz CT molecular complexity index is 1430. The Kier molecular flexibility index (Phi) is 6.70. The lowest BCUT2D eigenvalue weighted by Gasteiger charge is -2.34. The molecular formula is C28H26ClN5OS. The molecule has 1 N–H and O–H groups in total. The van der Waals surface area contributed by atoms with E-state index in [1.54, 1.807) is 17.7 Å². The van der Waals surface area contributed by atoms with Gasteiger partial charge in [-0.2, -0.15) is 0 Å². The predicted octanol–water partition coefficient (Wildman–Crippen LogP) is 6.29. The molecule has 1 aliphatic rings. The molecule has 1 atom stereocenters. The lowest BCUT2D eigenvalue weighted by molar-refractivity contribution is 0.0194. The summed E-state index contributed by atoms with van der Waals surface area (Å²) in [6.45, 7) is 4.12. The van der Waals surface area contributed by atoms with Gasteiger partial charge in [-0.05, 0) is 41.3 Å². The maximum Gasteiger partial charge on any atom is 0.150 e. The first-order valence-electron chi connectivity index (χ1n) is 12.0. The topological polar surface area (TPSA) is 55.2 Å². The molecule has 0 amide bonds. The number of rotatable bonds is 7. The van der Waals surface area contributed by atoms with Crippen molar-refractivity contribution in [2.24, 2.45) is 0 Å². The number of thiophene rings is 1. The summed E-state index contributed by atoms with van der Waals surface area (Å²) in [4.78, 5) is 13.3. The lowest BCUT2D eigenvalue weighted by Crippen LogP contribution is -2.41. The van der Waals surface area contributed by atoms with E-state index in [1.165, 1.54) is 4.88 Å². The van der Waals surface area contributed by atoms with E-state index in [0.29, 0.717) is 5.02 Å². The first-order chi connectivity index (χ1) is 17.8. The third kappa shape index (κ3) is 4.63. The fraction of sp³-hybridized carbons (Fsp3) is 0.214. The summed E-state index contributed by atoms with van der Waals surface area (Å²) in [6.07, 6.45) is 3.78. The lowest BCUT2D eigenvalue weighted by atomic mass is 10.1. The molecule has 0 unspecified atom stereocenters. The van der Waals surface area contributed by atoms with Crippen molar-refractivity contribution in [3.63, 3.8) is 0 Å². The number of aromatic nitrogens is 3. The summed E-state index contributed by atoms with van der Waals surface area (Å²) in [5.41, 5.74) is 4.06. The third-order valence-electron chi connectivity index (χ3n) is 6.59. The van der Waals surface area contributed by atoms with E-state index in [1.807, 2.05) is 30.3 Å². The van der Waals surface area contributed by atoms with Crippen LogP contribution in [0.1, 0.15) is 10.9 Å². The Morgan fingerprint density at radius 2 is 1.78 bits per heavy atom. The van der Waals surface area contributed by atoms with Crippen molar-refractivity contribution in [1.82, 2.24) is 19.4 Å². The van der Waals surface area contributed by atoms with Crippen LogP contribution in [0.2, 0.25) is 5.02 Å². The van der Waals surface area contributed by atoms with Crippen LogP contribution in [-0.4, -0.2) is 52.3 Å². The molecule has 0 spiro atoms. The van der Waals surface area contributed by atoms with Crippen molar-refractivity contribution in [2.75, 3.05) is 38.2 Å². The standard InChI is InChI=1S/C28H26ClN5OS/c29-21-8-10-22(11-9-21)34-18-23(20-5-2-1-3-6-20)26-27(31-19-32-28(26)34)30-17-24(25-7-4-16-36-25)33-12-14-35-15-13-33/h1-11,16,18-19,24H,12-15,17H2,(H,30,31,32)/t24-/m1/s1. The normalized spacial score (nSPS) is 15.2. The van der Waals surface area contributed by atoms with Crippen LogP contribution in [0, 0.1) is 0 Å². The SMILES string of the molecule is Clc1ccc(-n2cc(-c3ccccc3)c3c(NC[C@H](c4cccs4)N4CCOCC4)ncnc32)cc1. The van der Waals surface area contributed by atoms with Crippen LogP contribution in [0.4, 0.5) is 5.82 Å². The summed E-state index contributed by atoms with van der Waals surface area (Å²) < 4.78 is 7.72. The minimum atomic E-state index is 0.248. The molecule has 0 aliphatic carbocycles. The predicted molar refractivity (Wildman–Crippen MR) is 147 cm³/mol. The minimum Gasteiger partial charge on any atom is -0.379 e. The molecule has 36 heavy (non-hydrogen) atoms. The second-order valence-electron chi connectivity index (χ2n) is 8.74. The highest BCUT2D eigenvalue weighted by atomic mass is 35.5. The van der Waals surface area contributed by atoms with Gasteiger partial charge < -0.3 is 14.6 Å². The molecule has 0 bridgehead atoms. The molecule has 6 nitrogen and oxygen atoms in total. The highest BCUT2D eigenvalue weighted by molar-refractivity contribution is 7.10. The summed E-state index contributed by atoms with van der Waals surface area (Å²) >= 11 is 7.96. The quantitative estimate of drug-likeness (QED) is 0.276. The number of hydrogen-bond donors (Lipinski definition) is 1. The summed E-state index contributed by atoms with van der Waals surface area (Å²) in [5, 5.41) is 7.55. The van der Waals surface area contributed by atoms with Crippen LogP contribution in [0.15, 0.2) is 84.6 Å². The Labute approximate surface area is 219 Å². The largest absolute Gasteiger partial charge is 0.379 e. The molecule has 4 heterocycles. The van der Waals surface area contributed by atoms with Crippen molar-refractivity contribution in [2.45, 2.75) is 6.04 Å². The number of morpholine rings is 1. The van der Waals surface area contributed by atoms with Crippen LogP contribution in [-0.2, 0) is 4.74 Å². The van der Waals surface area contributed by atoms with Crippen molar-refractivity contribution in [1.29, 1.82) is 0 Å². The van der Waals surface area contributed by atoms with Gasteiger partial charge in [0.05, 0.1) is 24.6 Å². The molecule has 1 fully saturated rings. The maximum atomic E-state index is 6.17. The van der Waals surface area contributed by atoms with Crippen LogP contribution in [0.25, 0.3) is 27.8 Å². The summed E-state index contributed by atoms with van der Waals surface area (Å²) in [7, 11) is 0. The number of nitrogens with zero attached hydrogens (tertiary/aromatic N) is 4. The number of nitrogens with one attached hydrogen (secondary N) is 1. The Morgan fingerprint density at radius 1 is 0.972 bits per heavy atom. The molecule has 0 saturated carbocycles. The van der Waals surface area contributed by atoms with Crippen LogP contribution in [0.3, 0.4) is 0 Å². The summed E-state index contributed by atoms with van der Waals surface area (Å²) in [5.74, 6) is 0.835. The van der Waals surface area contributed by atoms with Crippen LogP contribution in [0.5, 0.6) is 0 Å². The van der Waals surface area contributed by atoms with Gasteiger partial charge in [-0.1, -0.05) is 48.0 Å². The highest BCUT2D eigenvalue weighted by Gasteiger charge is 2.24. The third-order valence-corrected chi connectivity index (χ3v) is 7.82. The van der Waals surface area contributed by atoms with Gasteiger partial charge in [0.2, 0.25) is 0 Å². The molecule has 1 aliphatic heterocycles. The molecule has 2 aromatic carbocycles. The number of anilines is 1. The Hall–Kier alpha value is -3.23. The van der Waals surface area contributed by atoms with Crippen LogP contribution >= 0.6 is 22.9 Å². The number of benzene rings is 2. The first kappa shape index (κ1) is 23.2. The zero-order valence-electron chi connectivity index (χ0n) is 19.7. The van der Waals surface area contributed by atoms with Gasteiger partial charge in [0.25, 0.3) is 0 Å². The van der Waals surface area contributed by atoms with E-state index >= 15 is 0 Å². The number of fused-ring (bicyclic) bond motifs is 1.